The van der Waals surface area contributed by atoms with Crippen molar-refractivity contribution in [3.05, 3.63) is 53.5 Å². The van der Waals surface area contributed by atoms with Crippen molar-refractivity contribution in [2.24, 2.45) is 5.92 Å². The van der Waals surface area contributed by atoms with Gasteiger partial charge in [0.2, 0.25) is 0 Å². The van der Waals surface area contributed by atoms with Crippen LogP contribution in [0.1, 0.15) is 30.4 Å². The predicted molar refractivity (Wildman–Crippen MR) is 94.4 cm³/mol. The van der Waals surface area contributed by atoms with Crippen LogP contribution < -0.4 is 4.74 Å². The fourth-order valence-corrected chi connectivity index (χ4v) is 3.54. The Hall–Kier alpha value is -2.08. The molecular weight excluding hydrogens is 341 g/mol. The van der Waals surface area contributed by atoms with Gasteiger partial charge in [0, 0.05) is 23.9 Å². The Labute approximate surface area is 150 Å². The minimum Gasteiger partial charge on any atom is -0.486 e. The molecule has 2 aromatic rings. The lowest BCUT2D eigenvalue weighted by molar-refractivity contribution is -0.136. The Morgan fingerprint density at radius 2 is 2.20 bits per heavy atom. The van der Waals surface area contributed by atoms with E-state index in [-0.39, 0.29) is 18.8 Å². The summed E-state index contributed by atoms with van der Waals surface area (Å²) in [6.45, 7) is 0.256. The monoisotopic (exact) mass is 361 g/mol. The van der Waals surface area contributed by atoms with E-state index in [0.717, 1.165) is 22.3 Å². The largest absolute Gasteiger partial charge is 0.486 e. The normalized spacial score (nSPS) is 13.6. The van der Waals surface area contributed by atoms with Crippen LogP contribution in [-0.2, 0) is 17.8 Å². The van der Waals surface area contributed by atoms with Crippen LogP contribution in [0.2, 0.25) is 0 Å². The molecule has 1 aliphatic rings. The number of benzene rings is 1. The number of thioether (sulfide) groups is 1. The second kappa shape index (κ2) is 8.34. The Bertz CT molecular complexity index is 749. The molecule has 1 aliphatic carbocycles. The number of ether oxygens (including phenoxy) is 1. The SMILES string of the molecule is O=C(O)CCc1ccc(OCc2cccnc2SCC2CC2)c(F)c1. The van der Waals surface area contributed by atoms with Crippen molar-refractivity contribution >= 4 is 17.7 Å². The van der Waals surface area contributed by atoms with Gasteiger partial charge in [0.25, 0.3) is 0 Å². The molecule has 0 radical (unpaired) electrons. The van der Waals surface area contributed by atoms with Crippen LogP contribution in [0.25, 0.3) is 0 Å². The molecule has 0 atom stereocenters. The molecule has 0 saturated heterocycles. The highest BCUT2D eigenvalue weighted by Gasteiger charge is 2.22. The van der Waals surface area contributed by atoms with Gasteiger partial charge < -0.3 is 9.84 Å². The fourth-order valence-electron chi connectivity index (χ4n) is 2.37. The van der Waals surface area contributed by atoms with Crippen LogP contribution in [0.4, 0.5) is 4.39 Å². The second-order valence-electron chi connectivity index (χ2n) is 6.17. The number of nitrogens with zero attached hydrogens (tertiary/aromatic N) is 1. The minimum atomic E-state index is -0.895. The predicted octanol–water partition coefficient (Wildman–Crippen LogP) is 4.32. The van der Waals surface area contributed by atoms with Gasteiger partial charge >= 0.3 is 5.97 Å². The standard InChI is InChI=1S/C19H20FNO3S/c20-16-10-13(6-8-18(22)23)5-7-17(16)24-11-15-2-1-9-21-19(15)25-12-14-3-4-14/h1-2,5,7,9-10,14H,3-4,6,8,11-12H2,(H,22,23). The van der Waals surface area contributed by atoms with Crippen molar-refractivity contribution in [3.63, 3.8) is 0 Å². The van der Waals surface area contributed by atoms with Crippen LogP contribution in [0, 0.1) is 11.7 Å². The zero-order valence-corrected chi connectivity index (χ0v) is 14.6. The third-order valence-electron chi connectivity index (χ3n) is 4.01. The van der Waals surface area contributed by atoms with Gasteiger partial charge in [-0.25, -0.2) is 9.37 Å². The van der Waals surface area contributed by atoms with Gasteiger partial charge in [0.1, 0.15) is 11.6 Å². The smallest absolute Gasteiger partial charge is 0.303 e. The molecule has 0 unspecified atom stereocenters. The van der Waals surface area contributed by atoms with Gasteiger partial charge in [-0.3, -0.25) is 4.79 Å². The summed E-state index contributed by atoms with van der Waals surface area (Å²) in [4.78, 5) is 15.0. The van der Waals surface area contributed by atoms with E-state index < -0.39 is 11.8 Å². The van der Waals surface area contributed by atoms with E-state index in [1.165, 1.54) is 18.9 Å². The number of hydrogen-bond donors (Lipinski definition) is 1. The first-order chi connectivity index (χ1) is 12.1. The number of carbonyl (C=O) groups is 1. The molecule has 0 spiro atoms. The summed E-state index contributed by atoms with van der Waals surface area (Å²) in [6.07, 6.45) is 4.64. The van der Waals surface area contributed by atoms with Crippen molar-refractivity contribution in [1.82, 2.24) is 4.98 Å². The van der Waals surface area contributed by atoms with Crippen LogP contribution in [0.15, 0.2) is 41.6 Å². The molecule has 6 heteroatoms. The number of aryl methyl sites for hydroxylation is 1. The summed E-state index contributed by atoms with van der Waals surface area (Å²) in [7, 11) is 0. The maximum atomic E-state index is 14.1. The van der Waals surface area contributed by atoms with Crippen molar-refractivity contribution in [1.29, 1.82) is 0 Å². The Kier molecular flexibility index (Phi) is 5.91. The maximum absolute atomic E-state index is 14.1. The highest BCUT2D eigenvalue weighted by atomic mass is 32.2. The van der Waals surface area contributed by atoms with Crippen molar-refractivity contribution in [2.75, 3.05) is 5.75 Å². The third-order valence-corrected chi connectivity index (χ3v) is 5.29. The van der Waals surface area contributed by atoms with Gasteiger partial charge in [0.05, 0.1) is 0 Å². The first-order valence-electron chi connectivity index (χ1n) is 8.31. The van der Waals surface area contributed by atoms with Gasteiger partial charge in [-0.05, 0) is 48.9 Å². The summed E-state index contributed by atoms with van der Waals surface area (Å²) in [5.41, 5.74) is 1.59. The first-order valence-corrected chi connectivity index (χ1v) is 9.30. The highest BCUT2D eigenvalue weighted by Crippen LogP contribution is 2.35. The quantitative estimate of drug-likeness (QED) is 0.674. The number of halogens is 1. The van der Waals surface area contributed by atoms with Crippen LogP contribution in [0.3, 0.4) is 0 Å². The molecule has 0 amide bonds. The molecule has 0 bridgehead atoms. The van der Waals surface area contributed by atoms with Crippen LogP contribution >= 0.6 is 11.8 Å². The molecule has 3 rings (SSSR count). The number of carboxylic acids is 1. The van der Waals surface area contributed by atoms with Crippen molar-refractivity contribution < 1.29 is 19.0 Å². The number of aliphatic carboxylic acids is 1. The van der Waals surface area contributed by atoms with Crippen molar-refractivity contribution in [3.8, 4) is 5.75 Å². The lowest BCUT2D eigenvalue weighted by atomic mass is 10.1. The molecule has 1 saturated carbocycles. The maximum Gasteiger partial charge on any atom is 0.303 e. The van der Waals surface area contributed by atoms with Crippen molar-refractivity contribution in [2.45, 2.75) is 37.3 Å². The summed E-state index contributed by atoms with van der Waals surface area (Å²) in [5.74, 6) is 0.668. The number of carboxylic acid groups (broad SMARTS) is 1. The number of hydrogen-bond acceptors (Lipinski definition) is 4. The van der Waals surface area contributed by atoms with E-state index in [2.05, 4.69) is 4.98 Å². The topological polar surface area (TPSA) is 59.4 Å². The zero-order chi connectivity index (χ0) is 17.6. The molecule has 1 aromatic carbocycles. The van der Waals surface area contributed by atoms with Gasteiger partial charge in [-0.1, -0.05) is 12.1 Å². The minimum absolute atomic E-state index is 0.0170. The van der Waals surface area contributed by atoms with E-state index >= 15 is 0 Å². The fraction of sp³-hybridized carbons (Fsp3) is 0.368. The Morgan fingerprint density at radius 1 is 1.36 bits per heavy atom. The average Bonchev–Trinajstić information content (AvgIpc) is 3.42. The molecule has 4 nitrogen and oxygen atoms in total. The van der Waals surface area contributed by atoms with Crippen LogP contribution in [-0.4, -0.2) is 21.8 Å². The summed E-state index contributed by atoms with van der Waals surface area (Å²) >= 11 is 1.73. The van der Waals surface area contributed by atoms with E-state index in [4.69, 9.17) is 9.84 Å². The second-order valence-corrected chi connectivity index (χ2v) is 7.18. The lowest BCUT2D eigenvalue weighted by Gasteiger charge is -2.11. The van der Waals surface area contributed by atoms with E-state index in [9.17, 15) is 9.18 Å². The van der Waals surface area contributed by atoms with Gasteiger partial charge in [-0.15, -0.1) is 11.8 Å². The third kappa shape index (κ3) is 5.46. The van der Waals surface area contributed by atoms with E-state index in [1.807, 2.05) is 12.1 Å². The first kappa shape index (κ1) is 17.7. The number of rotatable bonds is 9. The molecule has 1 heterocycles. The summed E-state index contributed by atoms with van der Waals surface area (Å²) in [6, 6.07) is 8.39. The highest BCUT2D eigenvalue weighted by molar-refractivity contribution is 7.99. The average molecular weight is 361 g/mol. The lowest BCUT2D eigenvalue weighted by Crippen LogP contribution is -2.02. The summed E-state index contributed by atoms with van der Waals surface area (Å²) in [5, 5.41) is 9.63. The molecular formula is C19H20FNO3S. The van der Waals surface area contributed by atoms with Crippen LogP contribution in [0.5, 0.6) is 5.75 Å². The molecule has 1 aromatic heterocycles. The molecule has 132 valence electrons. The molecule has 25 heavy (non-hydrogen) atoms. The van der Waals surface area contributed by atoms with Gasteiger partial charge in [0.15, 0.2) is 11.6 Å². The Balaban J connectivity index is 1.60. The van der Waals surface area contributed by atoms with Gasteiger partial charge in [-0.2, -0.15) is 0 Å². The number of pyridine rings is 1. The van der Waals surface area contributed by atoms with E-state index in [1.54, 1.807) is 30.1 Å². The summed E-state index contributed by atoms with van der Waals surface area (Å²) < 4.78 is 19.8. The molecule has 1 N–H and O–H groups in total. The Morgan fingerprint density at radius 3 is 2.92 bits per heavy atom. The van der Waals surface area contributed by atoms with E-state index in [0.29, 0.717) is 12.0 Å². The number of aromatic nitrogens is 1. The molecule has 0 aliphatic heterocycles. The molecule has 1 fully saturated rings. The zero-order valence-electron chi connectivity index (χ0n) is 13.8.